The van der Waals surface area contributed by atoms with Crippen LogP contribution in [0.2, 0.25) is 0 Å². The minimum Gasteiger partial charge on any atom is -0.448 e. The Morgan fingerprint density at radius 2 is 1.82 bits per heavy atom. The van der Waals surface area contributed by atoms with E-state index < -0.39 is 0 Å². The fourth-order valence-corrected chi connectivity index (χ4v) is 1.71. The first-order valence-corrected chi connectivity index (χ1v) is 5.36. The first-order valence-electron chi connectivity index (χ1n) is 5.36. The Balaban J connectivity index is 2.18. The summed E-state index contributed by atoms with van der Waals surface area (Å²) in [5, 5.41) is 2.79. The van der Waals surface area contributed by atoms with Crippen molar-refractivity contribution in [1.82, 2.24) is 4.98 Å². The van der Waals surface area contributed by atoms with Gasteiger partial charge in [0, 0.05) is 12.6 Å². The van der Waals surface area contributed by atoms with Crippen LogP contribution >= 0.6 is 0 Å². The number of benzene rings is 1. The molecule has 0 saturated carbocycles. The van der Waals surface area contributed by atoms with Gasteiger partial charge in [0.05, 0.1) is 0 Å². The molecule has 0 atom stereocenters. The average molecular weight is 230 g/mol. The molecule has 4 nitrogen and oxygen atoms in total. The molecular weight excluding hydrogens is 216 g/mol. The number of aromatic nitrogens is 1. The quantitative estimate of drug-likeness (QED) is 0.863. The summed E-state index contributed by atoms with van der Waals surface area (Å²) < 4.78 is 5.00. The third kappa shape index (κ3) is 2.72. The number of anilines is 1. The molecule has 0 fully saturated rings. The van der Waals surface area contributed by atoms with E-state index in [1.807, 2.05) is 26.0 Å². The molecule has 1 amide bonds. The molecule has 0 aliphatic carbocycles. The van der Waals surface area contributed by atoms with Gasteiger partial charge in [0.1, 0.15) is 6.26 Å². The highest BCUT2D eigenvalue weighted by Gasteiger charge is 2.10. The Morgan fingerprint density at radius 1 is 1.18 bits per heavy atom. The maximum Gasteiger partial charge on any atom is 0.277 e. The van der Waals surface area contributed by atoms with Crippen LogP contribution < -0.4 is 5.32 Å². The molecule has 1 aromatic carbocycles. The lowest BCUT2D eigenvalue weighted by Crippen LogP contribution is -2.12. The van der Waals surface area contributed by atoms with Crippen LogP contribution in [0, 0.1) is 20.8 Å². The van der Waals surface area contributed by atoms with Crippen LogP contribution in [0.25, 0.3) is 0 Å². The summed E-state index contributed by atoms with van der Waals surface area (Å²) in [5.74, 6) is 0.224. The van der Waals surface area contributed by atoms with Crippen molar-refractivity contribution in [2.75, 3.05) is 5.32 Å². The molecule has 0 spiro atoms. The number of carbonyl (C=O) groups excluding carboxylic acids is 1. The summed E-state index contributed by atoms with van der Waals surface area (Å²) in [7, 11) is 0. The highest BCUT2D eigenvalue weighted by Crippen LogP contribution is 2.14. The van der Waals surface area contributed by atoms with Crippen LogP contribution in [0.3, 0.4) is 0 Å². The molecule has 0 unspecified atom stereocenters. The summed E-state index contributed by atoms with van der Waals surface area (Å²) in [4.78, 5) is 15.8. The number of nitrogens with one attached hydrogen (secondary N) is 1. The van der Waals surface area contributed by atoms with Crippen molar-refractivity contribution in [2.45, 2.75) is 20.8 Å². The first-order chi connectivity index (χ1) is 8.04. The molecule has 0 aliphatic heterocycles. The van der Waals surface area contributed by atoms with Gasteiger partial charge in [-0.15, -0.1) is 0 Å². The molecule has 0 bridgehead atoms. The number of amides is 1. The zero-order valence-corrected chi connectivity index (χ0v) is 10.1. The van der Waals surface area contributed by atoms with Gasteiger partial charge in [0.2, 0.25) is 0 Å². The molecule has 1 aromatic heterocycles. The van der Waals surface area contributed by atoms with Crippen molar-refractivity contribution in [1.29, 1.82) is 0 Å². The van der Waals surface area contributed by atoms with Crippen molar-refractivity contribution in [3.05, 3.63) is 47.2 Å². The summed E-state index contributed by atoms with van der Waals surface area (Å²) in [6.45, 7) is 5.68. The number of hydrogen-bond donors (Lipinski definition) is 1. The van der Waals surface area contributed by atoms with Crippen molar-refractivity contribution in [3.63, 3.8) is 0 Å². The summed E-state index contributed by atoms with van der Waals surface area (Å²) in [6, 6.07) is 5.88. The SMILES string of the molecule is Cc1cc(C)cc(NC(=O)c2coc(C)n2)c1. The van der Waals surface area contributed by atoms with Crippen molar-refractivity contribution < 1.29 is 9.21 Å². The largest absolute Gasteiger partial charge is 0.448 e. The van der Waals surface area contributed by atoms with E-state index in [9.17, 15) is 4.79 Å². The van der Waals surface area contributed by atoms with Gasteiger partial charge < -0.3 is 9.73 Å². The molecule has 2 rings (SSSR count). The molecule has 88 valence electrons. The normalized spacial score (nSPS) is 10.3. The Labute approximate surface area is 99.7 Å². The zero-order valence-electron chi connectivity index (χ0n) is 10.1. The van der Waals surface area contributed by atoms with Crippen LogP contribution in [0.4, 0.5) is 5.69 Å². The van der Waals surface area contributed by atoms with E-state index in [2.05, 4.69) is 16.4 Å². The first kappa shape index (κ1) is 11.4. The van der Waals surface area contributed by atoms with Crippen LogP contribution in [-0.2, 0) is 0 Å². The zero-order chi connectivity index (χ0) is 12.4. The fourth-order valence-electron chi connectivity index (χ4n) is 1.71. The van der Waals surface area contributed by atoms with Crippen molar-refractivity contribution in [3.8, 4) is 0 Å². The third-order valence-electron chi connectivity index (χ3n) is 2.33. The Hall–Kier alpha value is -2.10. The molecule has 1 N–H and O–H groups in total. The number of rotatable bonds is 2. The average Bonchev–Trinajstić information content (AvgIpc) is 2.63. The van der Waals surface area contributed by atoms with Gasteiger partial charge in [0.25, 0.3) is 5.91 Å². The number of carbonyl (C=O) groups is 1. The summed E-state index contributed by atoms with van der Waals surface area (Å²) in [6.07, 6.45) is 1.35. The van der Waals surface area contributed by atoms with E-state index in [1.165, 1.54) is 6.26 Å². The fraction of sp³-hybridized carbons (Fsp3) is 0.231. The highest BCUT2D eigenvalue weighted by atomic mass is 16.3. The smallest absolute Gasteiger partial charge is 0.277 e. The van der Waals surface area contributed by atoms with Crippen LogP contribution in [0.1, 0.15) is 27.5 Å². The van der Waals surface area contributed by atoms with Crippen LogP contribution in [0.5, 0.6) is 0 Å². The molecule has 0 saturated heterocycles. The predicted molar refractivity (Wildman–Crippen MR) is 65.1 cm³/mol. The van der Waals surface area contributed by atoms with Crippen molar-refractivity contribution >= 4 is 11.6 Å². The highest BCUT2D eigenvalue weighted by molar-refractivity contribution is 6.02. The number of oxazole rings is 1. The molecule has 1 heterocycles. The lowest BCUT2D eigenvalue weighted by atomic mass is 10.1. The second-order valence-corrected chi connectivity index (χ2v) is 4.08. The van der Waals surface area contributed by atoms with E-state index >= 15 is 0 Å². The van der Waals surface area contributed by atoms with E-state index in [0.717, 1.165) is 16.8 Å². The van der Waals surface area contributed by atoms with Crippen LogP contribution in [0.15, 0.2) is 28.9 Å². The van der Waals surface area contributed by atoms with E-state index in [-0.39, 0.29) is 5.91 Å². The van der Waals surface area contributed by atoms with E-state index in [1.54, 1.807) is 6.92 Å². The second-order valence-electron chi connectivity index (χ2n) is 4.08. The number of aryl methyl sites for hydroxylation is 3. The maximum atomic E-state index is 11.8. The molecule has 0 aliphatic rings. The summed E-state index contributed by atoms with van der Waals surface area (Å²) >= 11 is 0. The van der Waals surface area contributed by atoms with Gasteiger partial charge >= 0.3 is 0 Å². The lowest BCUT2D eigenvalue weighted by molar-refractivity contribution is 0.102. The predicted octanol–water partition coefficient (Wildman–Crippen LogP) is 2.85. The molecule has 2 aromatic rings. The van der Waals surface area contributed by atoms with Crippen LogP contribution in [-0.4, -0.2) is 10.9 Å². The molecule has 17 heavy (non-hydrogen) atoms. The topological polar surface area (TPSA) is 55.1 Å². The number of hydrogen-bond acceptors (Lipinski definition) is 3. The van der Waals surface area contributed by atoms with Gasteiger partial charge in [0.15, 0.2) is 11.6 Å². The van der Waals surface area contributed by atoms with Gasteiger partial charge in [-0.25, -0.2) is 4.98 Å². The van der Waals surface area contributed by atoms with Gasteiger partial charge in [-0.3, -0.25) is 4.79 Å². The van der Waals surface area contributed by atoms with Gasteiger partial charge in [-0.05, 0) is 37.1 Å². The lowest BCUT2D eigenvalue weighted by Gasteiger charge is -2.05. The maximum absolute atomic E-state index is 11.8. The number of nitrogens with zero attached hydrogens (tertiary/aromatic N) is 1. The van der Waals surface area contributed by atoms with E-state index in [4.69, 9.17) is 4.42 Å². The molecule has 0 radical (unpaired) electrons. The summed E-state index contributed by atoms with van der Waals surface area (Å²) in [5.41, 5.74) is 3.28. The Bertz CT molecular complexity index is 538. The Morgan fingerprint density at radius 3 is 2.35 bits per heavy atom. The minimum atomic E-state index is -0.258. The van der Waals surface area contributed by atoms with E-state index in [0.29, 0.717) is 11.6 Å². The second kappa shape index (κ2) is 4.41. The minimum absolute atomic E-state index is 0.258. The third-order valence-corrected chi connectivity index (χ3v) is 2.33. The Kier molecular flexibility index (Phi) is 2.95. The van der Waals surface area contributed by atoms with Gasteiger partial charge in [-0.2, -0.15) is 0 Å². The molecule has 4 heteroatoms. The van der Waals surface area contributed by atoms with Gasteiger partial charge in [-0.1, -0.05) is 6.07 Å². The monoisotopic (exact) mass is 230 g/mol. The standard InChI is InChI=1S/C13H14N2O2/c1-8-4-9(2)6-11(5-8)15-13(16)12-7-17-10(3)14-12/h4-7H,1-3H3,(H,15,16). The molecular formula is C13H14N2O2. The van der Waals surface area contributed by atoms with Crippen molar-refractivity contribution in [2.24, 2.45) is 0 Å².